The summed E-state index contributed by atoms with van der Waals surface area (Å²) in [6.07, 6.45) is 14.0. The van der Waals surface area contributed by atoms with Crippen LogP contribution in [0.5, 0.6) is 0 Å². The second-order valence-corrected chi connectivity index (χ2v) is 5.78. The number of ether oxygens (including phenoxy) is 1. The molecule has 0 amide bonds. The molecule has 0 radical (unpaired) electrons. The third kappa shape index (κ3) is 3.47. The van der Waals surface area contributed by atoms with Crippen LogP contribution in [-0.2, 0) is 9.53 Å². The molecule has 3 nitrogen and oxygen atoms in total. The van der Waals surface area contributed by atoms with Gasteiger partial charge < -0.3 is 10.5 Å². The lowest BCUT2D eigenvalue weighted by Crippen LogP contribution is -2.43. The summed E-state index contributed by atoms with van der Waals surface area (Å²) in [5.41, 5.74) is 5.97. The minimum atomic E-state index is -0.304. The van der Waals surface area contributed by atoms with Crippen LogP contribution in [-0.4, -0.2) is 19.6 Å². The second-order valence-electron chi connectivity index (χ2n) is 5.78. The maximum atomic E-state index is 10.9. The maximum absolute atomic E-state index is 10.9. The summed E-state index contributed by atoms with van der Waals surface area (Å²) < 4.78 is 4.55. The standard InChI is InChI=1S/C16H25NO2/c1-19-16(18)6-4-2-3-5-14-12-7-9-13(10-8-12)15(14)11-17/h2-4,6,12-15H,5,7-11,17H2,1H3/t12?,13?,14-,15-/m0/s1. The number of carbonyl (C=O) groups is 1. The Morgan fingerprint density at radius 3 is 2.37 bits per heavy atom. The molecular weight excluding hydrogens is 238 g/mol. The van der Waals surface area contributed by atoms with E-state index in [0.29, 0.717) is 5.92 Å². The van der Waals surface area contributed by atoms with Crippen molar-refractivity contribution in [1.29, 1.82) is 0 Å². The van der Waals surface area contributed by atoms with Crippen LogP contribution in [0, 0.1) is 23.7 Å². The predicted molar refractivity (Wildman–Crippen MR) is 76.4 cm³/mol. The van der Waals surface area contributed by atoms with Crippen LogP contribution < -0.4 is 5.73 Å². The average Bonchev–Trinajstić information content (AvgIpc) is 2.47. The quantitative estimate of drug-likeness (QED) is 0.471. The van der Waals surface area contributed by atoms with Crippen molar-refractivity contribution in [2.24, 2.45) is 29.4 Å². The number of hydrogen-bond donors (Lipinski definition) is 1. The normalized spacial score (nSPS) is 34.2. The van der Waals surface area contributed by atoms with E-state index in [2.05, 4.69) is 10.8 Å². The van der Waals surface area contributed by atoms with Crippen LogP contribution in [0.4, 0.5) is 0 Å². The van der Waals surface area contributed by atoms with E-state index in [1.165, 1.54) is 38.9 Å². The van der Waals surface area contributed by atoms with Gasteiger partial charge in [0.05, 0.1) is 7.11 Å². The van der Waals surface area contributed by atoms with Crippen LogP contribution in [0.2, 0.25) is 0 Å². The SMILES string of the molecule is COC(=O)C=CC=CC[C@H]1C2CCC(CC2)[C@@H]1CN. The fourth-order valence-electron chi connectivity index (χ4n) is 3.95. The molecule has 0 aromatic carbocycles. The maximum Gasteiger partial charge on any atom is 0.330 e. The highest BCUT2D eigenvalue weighted by atomic mass is 16.5. The molecule has 0 aromatic heterocycles. The molecule has 3 heteroatoms. The van der Waals surface area contributed by atoms with Crippen molar-refractivity contribution < 1.29 is 9.53 Å². The van der Waals surface area contributed by atoms with Crippen LogP contribution in [0.1, 0.15) is 32.1 Å². The zero-order valence-electron chi connectivity index (χ0n) is 11.8. The number of nitrogens with two attached hydrogens (primary N) is 1. The largest absolute Gasteiger partial charge is 0.466 e. The minimum absolute atomic E-state index is 0.304. The Morgan fingerprint density at radius 2 is 1.79 bits per heavy atom. The third-order valence-electron chi connectivity index (χ3n) is 4.94. The molecule has 3 saturated carbocycles. The van der Waals surface area contributed by atoms with E-state index in [-0.39, 0.29) is 5.97 Å². The van der Waals surface area contributed by atoms with Gasteiger partial charge in [0.2, 0.25) is 0 Å². The fourth-order valence-corrected chi connectivity index (χ4v) is 3.95. The monoisotopic (exact) mass is 263 g/mol. The topological polar surface area (TPSA) is 52.3 Å². The molecule has 0 aliphatic heterocycles. The Labute approximate surface area is 115 Å². The van der Waals surface area contributed by atoms with E-state index >= 15 is 0 Å². The van der Waals surface area contributed by atoms with Gasteiger partial charge in [-0.1, -0.05) is 18.2 Å². The van der Waals surface area contributed by atoms with E-state index in [1.54, 1.807) is 6.08 Å². The molecule has 0 unspecified atom stereocenters. The van der Waals surface area contributed by atoms with Gasteiger partial charge in [-0.3, -0.25) is 0 Å². The lowest BCUT2D eigenvalue weighted by atomic mass is 9.58. The third-order valence-corrected chi connectivity index (χ3v) is 4.94. The molecule has 2 atom stereocenters. The predicted octanol–water partition coefficient (Wildman–Crippen LogP) is 2.67. The van der Waals surface area contributed by atoms with Crippen LogP contribution in [0.25, 0.3) is 0 Å². The zero-order chi connectivity index (χ0) is 13.7. The Kier molecular flexibility index (Phi) is 5.20. The van der Waals surface area contributed by atoms with Crippen molar-refractivity contribution in [1.82, 2.24) is 0 Å². The summed E-state index contributed by atoms with van der Waals surface area (Å²) in [5.74, 6) is 2.88. The minimum Gasteiger partial charge on any atom is -0.466 e. The molecule has 3 aliphatic carbocycles. The van der Waals surface area contributed by atoms with E-state index < -0.39 is 0 Å². The van der Waals surface area contributed by atoms with Crippen molar-refractivity contribution in [3.8, 4) is 0 Å². The molecule has 3 rings (SSSR count). The molecule has 19 heavy (non-hydrogen) atoms. The number of methoxy groups -OCH3 is 1. The summed E-state index contributed by atoms with van der Waals surface area (Å²) >= 11 is 0. The smallest absolute Gasteiger partial charge is 0.330 e. The second kappa shape index (κ2) is 6.90. The number of esters is 1. The van der Waals surface area contributed by atoms with Gasteiger partial charge >= 0.3 is 5.97 Å². The Balaban J connectivity index is 1.86. The number of fused-ring (bicyclic) bond motifs is 3. The van der Waals surface area contributed by atoms with Crippen LogP contribution in [0.3, 0.4) is 0 Å². The highest BCUT2D eigenvalue weighted by Gasteiger charge is 2.41. The highest BCUT2D eigenvalue weighted by molar-refractivity contribution is 5.82. The molecule has 0 spiro atoms. The van der Waals surface area contributed by atoms with Crippen molar-refractivity contribution >= 4 is 5.97 Å². The summed E-state index contributed by atoms with van der Waals surface area (Å²) in [6, 6.07) is 0. The summed E-state index contributed by atoms with van der Waals surface area (Å²) in [4.78, 5) is 10.9. The van der Waals surface area contributed by atoms with E-state index in [0.717, 1.165) is 30.7 Å². The molecule has 2 bridgehead atoms. The first-order chi connectivity index (χ1) is 9.26. The zero-order valence-corrected chi connectivity index (χ0v) is 11.8. The lowest BCUT2D eigenvalue weighted by Gasteiger charge is -2.48. The fraction of sp³-hybridized carbons (Fsp3) is 0.688. The lowest BCUT2D eigenvalue weighted by molar-refractivity contribution is -0.134. The summed E-state index contributed by atoms with van der Waals surface area (Å²) in [5, 5.41) is 0. The first kappa shape index (κ1) is 14.3. The van der Waals surface area contributed by atoms with Crippen molar-refractivity contribution in [3.05, 3.63) is 24.3 Å². The summed E-state index contributed by atoms with van der Waals surface area (Å²) in [6.45, 7) is 0.831. The molecular formula is C16H25NO2. The van der Waals surface area contributed by atoms with Crippen molar-refractivity contribution in [2.75, 3.05) is 13.7 Å². The van der Waals surface area contributed by atoms with Gasteiger partial charge in [-0.15, -0.1) is 0 Å². The van der Waals surface area contributed by atoms with Crippen LogP contribution >= 0.6 is 0 Å². The van der Waals surface area contributed by atoms with Gasteiger partial charge in [0, 0.05) is 6.08 Å². The molecule has 3 aliphatic rings. The Bertz CT molecular complexity index is 354. The van der Waals surface area contributed by atoms with E-state index in [4.69, 9.17) is 5.73 Å². The summed E-state index contributed by atoms with van der Waals surface area (Å²) in [7, 11) is 1.39. The number of rotatable bonds is 5. The van der Waals surface area contributed by atoms with Crippen molar-refractivity contribution in [2.45, 2.75) is 32.1 Å². The molecule has 3 fully saturated rings. The molecule has 0 heterocycles. The number of hydrogen-bond acceptors (Lipinski definition) is 3. The highest BCUT2D eigenvalue weighted by Crippen LogP contribution is 2.49. The van der Waals surface area contributed by atoms with Gasteiger partial charge in [0.1, 0.15) is 0 Å². The van der Waals surface area contributed by atoms with Gasteiger partial charge in [0.15, 0.2) is 0 Å². The molecule has 0 saturated heterocycles. The van der Waals surface area contributed by atoms with E-state index in [1.807, 2.05) is 6.08 Å². The van der Waals surface area contributed by atoms with Gasteiger partial charge in [0.25, 0.3) is 0 Å². The Hall–Kier alpha value is -1.09. The average molecular weight is 263 g/mol. The Morgan fingerprint density at radius 1 is 1.16 bits per heavy atom. The van der Waals surface area contributed by atoms with Crippen molar-refractivity contribution in [3.63, 3.8) is 0 Å². The first-order valence-electron chi connectivity index (χ1n) is 7.37. The van der Waals surface area contributed by atoms with Gasteiger partial charge in [-0.05, 0) is 62.3 Å². The number of allylic oxidation sites excluding steroid dienone is 3. The number of carbonyl (C=O) groups excluding carboxylic acids is 1. The molecule has 2 N–H and O–H groups in total. The first-order valence-corrected chi connectivity index (χ1v) is 7.37. The van der Waals surface area contributed by atoms with Gasteiger partial charge in [-0.2, -0.15) is 0 Å². The van der Waals surface area contributed by atoms with Gasteiger partial charge in [-0.25, -0.2) is 4.79 Å². The molecule has 0 aromatic rings. The molecule has 106 valence electrons. The van der Waals surface area contributed by atoms with Crippen LogP contribution in [0.15, 0.2) is 24.3 Å². The van der Waals surface area contributed by atoms with E-state index in [9.17, 15) is 4.79 Å².